The van der Waals surface area contributed by atoms with Crippen LogP contribution in [0.1, 0.15) is 25.3 Å². The van der Waals surface area contributed by atoms with Crippen LogP contribution in [0.15, 0.2) is 30.6 Å². The van der Waals surface area contributed by atoms with Gasteiger partial charge in [0.15, 0.2) is 0 Å². The van der Waals surface area contributed by atoms with Crippen molar-refractivity contribution in [3.05, 3.63) is 41.2 Å². The Balaban J connectivity index is 1.03. The summed E-state index contributed by atoms with van der Waals surface area (Å²) in [7, 11) is 1.68. The average Bonchev–Trinajstić information content (AvgIpc) is 3.29. The predicted molar refractivity (Wildman–Crippen MR) is 144 cm³/mol. The summed E-state index contributed by atoms with van der Waals surface area (Å²) in [6.07, 6.45) is 5.93. The average molecular weight is 526 g/mol. The van der Waals surface area contributed by atoms with Crippen LogP contribution in [0.5, 0.6) is 0 Å². The van der Waals surface area contributed by atoms with E-state index in [1.807, 2.05) is 4.90 Å². The summed E-state index contributed by atoms with van der Waals surface area (Å²) in [5, 5.41) is 5.01. The fourth-order valence-corrected chi connectivity index (χ4v) is 6.50. The first-order chi connectivity index (χ1) is 17.8. The van der Waals surface area contributed by atoms with E-state index in [0.29, 0.717) is 17.5 Å². The van der Waals surface area contributed by atoms with Crippen LogP contribution in [-0.4, -0.2) is 102 Å². The summed E-state index contributed by atoms with van der Waals surface area (Å²) in [4.78, 5) is 35.6. The third-order valence-corrected chi connectivity index (χ3v) is 8.77. The van der Waals surface area contributed by atoms with E-state index >= 15 is 0 Å². The van der Waals surface area contributed by atoms with E-state index in [2.05, 4.69) is 38.0 Å². The van der Waals surface area contributed by atoms with Gasteiger partial charge < -0.3 is 14.7 Å². The topological polar surface area (TPSA) is 68.2 Å². The van der Waals surface area contributed by atoms with Gasteiger partial charge >= 0.3 is 6.03 Å². The Morgan fingerprint density at radius 1 is 1.03 bits per heavy atom. The highest BCUT2D eigenvalue weighted by Crippen LogP contribution is 2.34. The first kappa shape index (κ1) is 24.7. The molecule has 4 aliphatic rings. The van der Waals surface area contributed by atoms with Gasteiger partial charge in [-0.15, -0.1) is 0 Å². The van der Waals surface area contributed by atoms with Gasteiger partial charge in [0.2, 0.25) is 5.91 Å². The number of fused-ring (bicyclic) bond motifs is 1. The fraction of sp³-hybridized carbons (Fsp3) is 0.593. The third kappa shape index (κ3) is 5.22. The quantitative estimate of drug-likeness (QED) is 0.598. The van der Waals surface area contributed by atoms with Gasteiger partial charge in [-0.1, -0.05) is 11.6 Å². The molecule has 4 heterocycles. The Morgan fingerprint density at radius 2 is 1.73 bits per heavy atom. The Kier molecular flexibility index (Phi) is 6.63. The van der Waals surface area contributed by atoms with Crippen molar-refractivity contribution in [3.63, 3.8) is 0 Å². The normalized spacial score (nSPS) is 24.5. The van der Waals surface area contributed by atoms with Crippen LogP contribution >= 0.6 is 11.6 Å². The molecule has 2 unspecified atom stereocenters. The van der Waals surface area contributed by atoms with E-state index in [4.69, 9.17) is 11.6 Å². The number of carbonyl (C=O) groups excluding carboxylic acids is 2. The molecule has 6 rings (SSSR count). The molecule has 2 atom stereocenters. The summed E-state index contributed by atoms with van der Waals surface area (Å²) in [5.41, 5.74) is 3.12. The van der Waals surface area contributed by atoms with Gasteiger partial charge in [-0.05, 0) is 48.4 Å². The number of piperazine rings is 1. The largest absolute Gasteiger partial charge is 0.369 e. The number of likely N-dealkylation sites (tertiary alicyclic amines) is 2. The molecule has 4 fully saturated rings. The van der Waals surface area contributed by atoms with Crippen LogP contribution in [0, 0.1) is 11.8 Å². The van der Waals surface area contributed by atoms with Crippen LogP contribution in [0.3, 0.4) is 0 Å². The van der Waals surface area contributed by atoms with E-state index in [1.165, 1.54) is 40.6 Å². The summed E-state index contributed by atoms with van der Waals surface area (Å²) in [5.74, 6) is 0.840. The number of carbonyl (C=O) groups is 2. The van der Waals surface area contributed by atoms with Crippen molar-refractivity contribution in [2.75, 3.05) is 69.2 Å². The van der Waals surface area contributed by atoms with Crippen LogP contribution < -0.4 is 9.80 Å². The molecule has 3 saturated heterocycles. The lowest BCUT2D eigenvalue weighted by atomic mass is 10.0. The van der Waals surface area contributed by atoms with Gasteiger partial charge in [0.1, 0.15) is 0 Å². The molecule has 1 aromatic heterocycles. The lowest BCUT2D eigenvalue weighted by molar-refractivity contribution is -0.116. The fourth-order valence-electron chi connectivity index (χ4n) is 6.24. The summed E-state index contributed by atoms with van der Waals surface area (Å²) < 4.78 is 1.35. The van der Waals surface area contributed by atoms with Crippen molar-refractivity contribution in [2.45, 2.75) is 32.4 Å². The monoisotopic (exact) mass is 525 g/mol. The second kappa shape index (κ2) is 9.93. The highest BCUT2D eigenvalue weighted by atomic mass is 35.5. The molecule has 0 N–H and O–H groups in total. The zero-order chi connectivity index (χ0) is 25.7. The molecule has 3 aliphatic heterocycles. The Hall–Kier alpha value is -2.62. The molecule has 1 aliphatic carbocycles. The van der Waals surface area contributed by atoms with E-state index < -0.39 is 0 Å². The lowest BCUT2D eigenvalue weighted by Crippen LogP contribution is -2.47. The van der Waals surface area contributed by atoms with E-state index in [1.54, 1.807) is 19.4 Å². The van der Waals surface area contributed by atoms with Crippen LogP contribution in [0.2, 0.25) is 5.02 Å². The summed E-state index contributed by atoms with van der Waals surface area (Å²) in [6.45, 7) is 10.2. The van der Waals surface area contributed by atoms with E-state index in [9.17, 15) is 9.59 Å². The van der Waals surface area contributed by atoms with Gasteiger partial charge in [-0.25, -0.2) is 4.79 Å². The minimum absolute atomic E-state index is 0.0919. The number of hydrogen-bond donors (Lipinski definition) is 0. The Morgan fingerprint density at radius 3 is 2.38 bits per heavy atom. The molecule has 1 aromatic carbocycles. The SMILES string of the molecule is CC(=O)N(C)c1cnn(C(=O)N2CC3CN(Cc4cc(Cl)cc(N5CCN(C6CC6)CC5)c4)CC3C2)c1. The molecule has 0 bridgehead atoms. The van der Waals surface area contributed by atoms with Gasteiger partial charge in [0.25, 0.3) is 0 Å². The lowest BCUT2D eigenvalue weighted by Gasteiger charge is -2.36. The Labute approximate surface area is 223 Å². The van der Waals surface area contributed by atoms with Crippen molar-refractivity contribution < 1.29 is 9.59 Å². The van der Waals surface area contributed by atoms with E-state index in [0.717, 1.165) is 70.0 Å². The summed E-state index contributed by atoms with van der Waals surface area (Å²) in [6, 6.07) is 7.24. The number of benzene rings is 1. The molecule has 0 radical (unpaired) electrons. The number of anilines is 2. The van der Waals surface area contributed by atoms with Gasteiger partial charge in [-0.2, -0.15) is 9.78 Å². The van der Waals surface area contributed by atoms with Crippen LogP contribution in [-0.2, 0) is 11.3 Å². The highest BCUT2D eigenvalue weighted by Gasteiger charge is 2.42. The molecule has 1 saturated carbocycles. The standard InChI is InChI=1S/C27H36ClN7O2/c1-19(36)30(2)26-12-29-35(18-26)27(37)34-16-21-14-31(15-22(21)17-34)13-20-9-23(28)11-25(10-20)33-7-5-32(6-8-33)24-3-4-24/h9-12,18,21-22,24H,3-8,13-17H2,1-2H3. The molecular weight excluding hydrogens is 490 g/mol. The maximum Gasteiger partial charge on any atom is 0.344 e. The van der Waals surface area contributed by atoms with Crippen molar-refractivity contribution >= 4 is 34.9 Å². The van der Waals surface area contributed by atoms with Gasteiger partial charge in [-0.3, -0.25) is 14.6 Å². The second-order valence-corrected chi connectivity index (χ2v) is 11.6. The van der Waals surface area contributed by atoms with Gasteiger partial charge in [0.05, 0.1) is 18.1 Å². The predicted octanol–water partition coefficient (Wildman–Crippen LogP) is 2.84. The van der Waals surface area contributed by atoms with Crippen LogP contribution in [0.25, 0.3) is 0 Å². The number of halogens is 1. The van der Waals surface area contributed by atoms with Crippen molar-refractivity contribution in [1.29, 1.82) is 0 Å². The number of rotatable bonds is 5. The smallest absolute Gasteiger partial charge is 0.344 e. The van der Waals surface area contributed by atoms with E-state index in [-0.39, 0.29) is 11.9 Å². The molecule has 198 valence electrons. The molecule has 9 nitrogen and oxygen atoms in total. The first-order valence-electron chi connectivity index (χ1n) is 13.4. The number of nitrogens with zero attached hydrogens (tertiary/aromatic N) is 7. The molecular formula is C27H36ClN7O2. The zero-order valence-corrected chi connectivity index (χ0v) is 22.5. The van der Waals surface area contributed by atoms with Crippen molar-refractivity contribution in [3.8, 4) is 0 Å². The van der Waals surface area contributed by atoms with Gasteiger partial charge in [0, 0.05) is 89.6 Å². The first-order valence-corrected chi connectivity index (χ1v) is 13.8. The molecule has 0 spiro atoms. The number of hydrogen-bond acceptors (Lipinski definition) is 6. The zero-order valence-electron chi connectivity index (χ0n) is 21.7. The number of aromatic nitrogens is 2. The molecule has 37 heavy (non-hydrogen) atoms. The maximum absolute atomic E-state index is 13.0. The van der Waals surface area contributed by atoms with Crippen LogP contribution in [0.4, 0.5) is 16.2 Å². The van der Waals surface area contributed by atoms with Crippen molar-refractivity contribution in [1.82, 2.24) is 24.5 Å². The number of amides is 2. The minimum Gasteiger partial charge on any atom is -0.369 e. The molecule has 10 heteroatoms. The Bertz CT molecular complexity index is 1160. The third-order valence-electron chi connectivity index (χ3n) is 8.55. The second-order valence-electron chi connectivity index (χ2n) is 11.2. The maximum atomic E-state index is 13.0. The molecule has 2 aromatic rings. The summed E-state index contributed by atoms with van der Waals surface area (Å²) >= 11 is 6.56. The highest BCUT2D eigenvalue weighted by molar-refractivity contribution is 6.30. The minimum atomic E-state index is -0.120. The molecule has 2 amide bonds. The van der Waals surface area contributed by atoms with Crippen molar-refractivity contribution in [2.24, 2.45) is 11.8 Å².